The average Bonchev–Trinajstić information content (AvgIpc) is 3.33. The van der Waals surface area contributed by atoms with Gasteiger partial charge in [-0.05, 0) is 43.7 Å². The molecule has 37 heavy (non-hydrogen) atoms. The molecule has 1 N–H and O–H groups in total. The number of sulfonamides is 1. The van der Waals surface area contributed by atoms with Crippen molar-refractivity contribution in [2.75, 3.05) is 25.5 Å². The third-order valence-corrected chi connectivity index (χ3v) is 7.96. The molecule has 0 aliphatic carbocycles. The van der Waals surface area contributed by atoms with Gasteiger partial charge in [0, 0.05) is 32.2 Å². The Labute approximate surface area is 215 Å². The molecule has 13 heteroatoms. The summed E-state index contributed by atoms with van der Waals surface area (Å²) in [7, 11) is -1.28. The van der Waals surface area contributed by atoms with Crippen LogP contribution < -0.4 is 9.46 Å². The van der Waals surface area contributed by atoms with E-state index >= 15 is 0 Å². The lowest BCUT2D eigenvalue weighted by atomic mass is 9.92. The molecular formula is C24H29N7O5S. The van der Waals surface area contributed by atoms with Crippen molar-refractivity contribution in [3.05, 3.63) is 53.0 Å². The zero-order valence-corrected chi connectivity index (χ0v) is 21.7. The van der Waals surface area contributed by atoms with Gasteiger partial charge in [-0.1, -0.05) is 12.6 Å². The molecule has 0 unspecified atom stereocenters. The molecule has 0 radical (unpaired) electrons. The molecule has 5 heterocycles. The second kappa shape index (κ2) is 10.1. The van der Waals surface area contributed by atoms with E-state index in [1.165, 1.54) is 14.2 Å². The van der Waals surface area contributed by atoms with Crippen LogP contribution in [-0.2, 0) is 25.9 Å². The summed E-state index contributed by atoms with van der Waals surface area (Å²) in [6.07, 6.45) is 5.41. The standard InChI is InChI=1S/C24H29N7O5S/c1-14-12-25-22(26-13-14)21(35-4)15(2)37(32,33)30-24-29-28-23-20-16(8-9-19(27-20)34-3)11-17(31(23)24)18-7-5-6-10-36-18/h8-9,12-13,17-18,21H,2,5-7,10-11H2,1,3-4H3,(H,29,30)/t17-,18+,21+/m1/s1. The van der Waals surface area contributed by atoms with E-state index in [2.05, 4.69) is 36.5 Å². The Balaban J connectivity index is 1.52. The predicted molar refractivity (Wildman–Crippen MR) is 134 cm³/mol. The van der Waals surface area contributed by atoms with Gasteiger partial charge in [-0.3, -0.25) is 4.57 Å². The fourth-order valence-electron chi connectivity index (χ4n) is 4.71. The summed E-state index contributed by atoms with van der Waals surface area (Å²) >= 11 is 0. The predicted octanol–water partition coefficient (Wildman–Crippen LogP) is 2.76. The summed E-state index contributed by atoms with van der Waals surface area (Å²) in [6, 6.07) is 3.53. The van der Waals surface area contributed by atoms with Gasteiger partial charge in [0.15, 0.2) is 17.8 Å². The van der Waals surface area contributed by atoms with Crippen LogP contribution in [0.3, 0.4) is 0 Å². The number of hydrogen-bond acceptors (Lipinski definition) is 10. The fraction of sp³-hybridized carbons (Fsp3) is 0.458. The first kappa shape index (κ1) is 25.2. The van der Waals surface area contributed by atoms with Gasteiger partial charge in [-0.15, -0.1) is 10.2 Å². The quantitative estimate of drug-likeness (QED) is 0.464. The molecule has 0 saturated carbocycles. The summed E-state index contributed by atoms with van der Waals surface area (Å²) in [4.78, 5) is 12.7. The number of aromatic nitrogens is 6. The van der Waals surface area contributed by atoms with Crippen molar-refractivity contribution >= 4 is 16.0 Å². The van der Waals surface area contributed by atoms with Gasteiger partial charge in [0.25, 0.3) is 10.0 Å². The molecule has 2 aliphatic heterocycles. The number of aryl methyl sites for hydroxylation is 1. The molecule has 12 nitrogen and oxygen atoms in total. The summed E-state index contributed by atoms with van der Waals surface area (Å²) in [5.74, 6) is 1.10. The van der Waals surface area contributed by atoms with Crippen LogP contribution in [0, 0.1) is 6.92 Å². The third kappa shape index (κ3) is 4.81. The molecule has 196 valence electrons. The normalized spacial score (nSPS) is 20.0. The van der Waals surface area contributed by atoms with Crippen LogP contribution in [0.15, 0.2) is 36.0 Å². The van der Waals surface area contributed by atoms with Crippen molar-refractivity contribution in [2.24, 2.45) is 0 Å². The highest BCUT2D eigenvalue weighted by Gasteiger charge is 2.38. The lowest BCUT2D eigenvalue weighted by Crippen LogP contribution is -2.35. The highest BCUT2D eigenvalue weighted by Crippen LogP contribution is 2.40. The van der Waals surface area contributed by atoms with Gasteiger partial charge < -0.3 is 14.2 Å². The Morgan fingerprint density at radius 3 is 2.68 bits per heavy atom. The minimum atomic E-state index is -4.19. The van der Waals surface area contributed by atoms with E-state index in [-0.39, 0.29) is 28.8 Å². The zero-order chi connectivity index (χ0) is 26.2. The lowest BCUT2D eigenvalue weighted by molar-refractivity contribution is -0.0166. The smallest absolute Gasteiger partial charge is 0.262 e. The van der Waals surface area contributed by atoms with Gasteiger partial charge in [-0.25, -0.2) is 28.1 Å². The maximum Gasteiger partial charge on any atom is 0.262 e. The number of rotatable bonds is 8. The van der Waals surface area contributed by atoms with Crippen LogP contribution in [0.25, 0.3) is 11.5 Å². The molecule has 0 spiro atoms. The molecule has 3 aromatic heterocycles. The Morgan fingerprint density at radius 1 is 1.22 bits per heavy atom. The van der Waals surface area contributed by atoms with Gasteiger partial charge >= 0.3 is 0 Å². The van der Waals surface area contributed by atoms with Crippen LogP contribution in [0.2, 0.25) is 0 Å². The minimum absolute atomic E-state index is 0.0465. The van der Waals surface area contributed by atoms with Crippen molar-refractivity contribution in [1.82, 2.24) is 29.7 Å². The van der Waals surface area contributed by atoms with E-state index in [4.69, 9.17) is 14.2 Å². The maximum atomic E-state index is 13.5. The Bertz CT molecular complexity index is 1400. The third-order valence-electron chi connectivity index (χ3n) is 6.61. The first-order valence-electron chi connectivity index (χ1n) is 12.0. The fourth-order valence-corrected chi connectivity index (χ4v) is 5.70. The van der Waals surface area contributed by atoms with E-state index < -0.39 is 16.1 Å². The number of ether oxygens (including phenoxy) is 3. The van der Waals surface area contributed by atoms with Gasteiger partial charge in [0.1, 0.15) is 5.69 Å². The number of nitrogens with one attached hydrogen (secondary N) is 1. The van der Waals surface area contributed by atoms with Crippen molar-refractivity contribution in [1.29, 1.82) is 0 Å². The highest BCUT2D eigenvalue weighted by molar-refractivity contribution is 7.96. The molecule has 1 saturated heterocycles. The maximum absolute atomic E-state index is 13.5. The van der Waals surface area contributed by atoms with Crippen LogP contribution in [0.1, 0.15) is 48.4 Å². The van der Waals surface area contributed by atoms with Crippen LogP contribution in [0.4, 0.5) is 5.95 Å². The van der Waals surface area contributed by atoms with Crippen LogP contribution in [0.5, 0.6) is 5.88 Å². The van der Waals surface area contributed by atoms with E-state index in [1.54, 1.807) is 23.0 Å². The molecule has 3 aromatic rings. The Morgan fingerprint density at radius 2 is 2.00 bits per heavy atom. The second-order valence-corrected chi connectivity index (χ2v) is 10.8. The lowest BCUT2D eigenvalue weighted by Gasteiger charge is -2.35. The van der Waals surface area contributed by atoms with E-state index in [1.807, 2.05) is 13.0 Å². The molecular weight excluding hydrogens is 498 g/mol. The number of pyridine rings is 1. The Hall–Kier alpha value is -3.42. The molecule has 0 bridgehead atoms. The first-order chi connectivity index (χ1) is 17.8. The molecule has 1 fully saturated rings. The van der Waals surface area contributed by atoms with E-state index in [9.17, 15) is 8.42 Å². The monoisotopic (exact) mass is 527 g/mol. The number of nitrogens with zero attached hydrogens (tertiary/aromatic N) is 6. The topological polar surface area (TPSA) is 143 Å². The SMILES string of the molecule is C=C([C@H](OC)c1ncc(C)cn1)S(=O)(=O)Nc1nnc2n1[C@@H]([C@@H]1CCCCO1)Cc1ccc(OC)nc1-2. The number of fused-ring (bicyclic) bond motifs is 3. The minimum Gasteiger partial charge on any atom is -0.481 e. The first-order valence-corrected chi connectivity index (χ1v) is 13.4. The molecule has 0 aromatic carbocycles. The van der Waals surface area contributed by atoms with Crippen molar-refractivity contribution in [3.8, 4) is 17.4 Å². The molecule has 5 rings (SSSR count). The average molecular weight is 528 g/mol. The van der Waals surface area contributed by atoms with Crippen LogP contribution >= 0.6 is 0 Å². The van der Waals surface area contributed by atoms with E-state index in [0.29, 0.717) is 30.4 Å². The number of methoxy groups -OCH3 is 2. The van der Waals surface area contributed by atoms with Gasteiger partial charge in [-0.2, -0.15) is 0 Å². The van der Waals surface area contributed by atoms with Crippen molar-refractivity contribution in [3.63, 3.8) is 0 Å². The van der Waals surface area contributed by atoms with Crippen molar-refractivity contribution < 1.29 is 22.6 Å². The molecule has 2 aliphatic rings. The molecule has 3 atom stereocenters. The van der Waals surface area contributed by atoms with Gasteiger partial charge in [0.2, 0.25) is 11.8 Å². The summed E-state index contributed by atoms with van der Waals surface area (Å²) in [5, 5.41) is 8.53. The van der Waals surface area contributed by atoms with Crippen molar-refractivity contribution in [2.45, 2.75) is 50.9 Å². The zero-order valence-electron chi connectivity index (χ0n) is 20.9. The second-order valence-electron chi connectivity index (χ2n) is 9.06. The number of hydrogen-bond donors (Lipinski definition) is 1. The summed E-state index contributed by atoms with van der Waals surface area (Å²) in [6.45, 7) is 6.27. The highest BCUT2D eigenvalue weighted by atomic mass is 32.2. The summed E-state index contributed by atoms with van der Waals surface area (Å²) < 4.78 is 48.1. The van der Waals surface area contributed by atoms with Crippen LogP contribution in [-0.4, -0.2) is 65.1 Å². The number of anilines is 1. The van der Waals surface area contributed by atoms with Gasteiger partial charge in [0.05, 0.1) is 24.2 Å². The largest absolute Gasteiger partial charge is 0.481 e. The summed E-state index contributed by atoms with van der Waals surface area (Å²) in [5.41, 5.74) is 2.39. The Kier molecular flexibility index (Phi) is 6.92. The van der Waals surface area contributed by atoms with E-state index in [0.717, 1.165) is 30.4 Å². The molecule has 0 amide bonds.